The van der Waals surface area contributed by atoms with Crippen LogP contribution in [0.4, 0.5) is 5.69 Å². The van der Waals surface area contributed by atoms with Crippen molar-refractivity contribution < 1.29 is 24.0 Å². The van der Waals surface area contributed by atoms with Crippen LogP contribution in [0.25, 0.3) is 6.08 Å². The van der Waals surface area contributed by atoms with Crippen LogP contribution >= 0.6 is 0 Å². The Balaban J connectivity index is 0.000000845. The fourth-order valence-electron chi connectivity index (χ4n) is 1.70. The number of rotatable bonds is 0. The highest BCUT2D eigenvalue weighted by molar-refractivity contribution is 5.75. The summed E-state index contributed by atoms with van der Waals surface area (Å²) in [5, 5.41) is 0. The third kappa shape index (κ3) is 1.53. The lowest BCUT2D eigenvalue weighted by Crippen LogP contribution is -3.00. The SMILES string of the molecule is CC1=Cc2ccccc2[N+]1(C)C.[I-]. The maximum absolute atomic E-state index is 2.26. The molecule has 1 aliphatic heterocycles. The molecule has 0 N–H and O–H groups in total. The first-order valence-electron chi connectivity index (χ1n) is 4.25. The zero-order chi connectivity index (χ0) is 8.77. The van der Waals surface area contributed by atoms with Gasteiger partial charge in [-0.1, -0.05) is 12.1 Å². The molecular weight excluding hydrogens is 273 g/mol. The minimum Gasteiger partial charge on any atom is -1.00 e. The molecule has 13 heavy (non-hydrogen) atoms. The summed E-state index contributed by atoms with van der Waals surface area (Å²) in [6.07, 6.45) is 2.26. The molecule has 0 aromatic heterocycles. The van der Waals surface area contributed by atoms with Crippen LogP contribution in [0, 0.1) is 0 Å². The Morgan fingerprint density at radius 3 is 2.31 bits per heavy atom. The Bertz CT molecular complexity index is 353. The Morgan fingerprint density at radius 1 is 1.08 bits per heavy atom. The zero-order valence-corrected chi connectivity index (χ0v) is 10.4. The molecule has 0 radical (unpaired) electrons. The molecule has 0 atom stereocenters. The van der Waals surface area contributed by atoms with E-state index in [1.165, 1.54) is 16.9 Å². The molecule has 1 aromatic rings. The molecule has 70 valence electrons. The summed E-state index contributed by atoms with van der Waals surface area (Å²) in [5.74, 6) is 0. The normalized spacial score (nSPS) is 17.3. The van der Waals surface area contributed by atoms with Crippen molar-refractivity contribution in [2.24, 2.45) is 0 Å². The maximum atomic E-state index is 2.26. The van der Waals surface area contributed by atoms with Gasteiger partial charge in [-0.2, -0.15) is 0 Å². The Morgan fingerprint density at radius 2 is 1.69 bits per heavy atom. The van der Waals surface area contributed by atoms with Crippen LogP contribution in [-0.4, -0.2) is 14.1 Å². The van der Waals surface area contributed by atoms with Gasteiger partial charge in [-0.05, 0) is 6.07 Å². The van der Waals surface area contributed by atoms with Gasteiger partial charge in [0.1, 0.15) is 11.4 Å². The molecule has 1 aliphatic rings. The minimum absolute atomic E-state index is 0. The van der Waals surface area contributed by atoms with Gasteiger partial charge in [-0.15, -0.1) is 0 Å². The summed E-state index contributed by atoms with van der Waals surface area (Å²) < 4.78 is 0.899. The second-order valence-electron chi connectivity index (χ2n) is 3.80. The second-order valence-corrected chi connectivity index (χ2v) is 3.80. The summed E-state index contributed by atoms with van der Waals surface area (Å²) in [7, 11) is 4.44. The molecule has 0 saturated heterocycles. The van der Waals surface area contributed by atoms with Gasteiger partial charge in [0.25, 0.3) is 0 Å². The molecule has 0 amide bonds. The van der Waals surface area contributed by atoms with Gasteiger partial charge in [-0.25, -0.2) is 0 Å². The molecule has 0 unspecified atom stereocenters. The number of benzene rings is 1. The highest BCUT2D eigenvalue weighted by atomic mass is 127. The molecule has 0 spiro atoms. The van der Waals surface area contributed by atoms with Gasteiger partial charge in [0, 0.05) is 24.6 Å². The highest BCUT2D eigenvalue weighted by Crippen LogP contribution is 2.36. The summed E-state index contributed by atoms with van der Waals surface area (Å²) in [4.78, 5) is 0. The van der Waals surface area contributed by atoms with Crippen molar-refractivity contribution in [3.05, 3.63) is 35.5 Å². The van der Waals surface area contributed by atoms with Crippen molar-refractivity contribution >= 4 is 11.8 Å². The third-order valence-corrected chi connectivity index (χ3v) is 2.79. The molecular formula is C11H14IN. The molecule has 1 heterocycles. The topological polar surface area (TPSA) is 0 Å². The van der Waals surface area contributed by atoms with Gasteiger partial charge in [0.15, 0.2) is 0 Å². The van der Waals surface area contributed by atoms with Gasteiger partial charge in [0.05, 0.1) is 14.1 Å². The zero-order valence-electron chi connectivity index (χ0n) is 8.21. The Hall–Kier alpha value is -0.350. The van der Waals surface area contributed by atoms with Gasteiger partial charge < -0.3 is 24.0 Å². The lowest BCUT2D eigenvalue weighted by Gasteiger charge is -2.25. The van der Waals surface area contributed by atoms with E-state index in [4.69, 9.17) is 0 Å². The van der Waals surface area contributed by atoms with Gasteiger partial charge in [-0.3, -0.25) is 4.48 Å². The number of quaternary nitrogens is 1. The summed E-state index contributed by atoms with van der Waals surface area (Å²) in [5.41, 5.74) is 4.16. The van der Waals surface area contributed by atoms with Crippen LogP contribution in [-0.2, 0) is 0 Å². The molecule has 1 aromatic carbocycles. The number of para-hydroxylation sites is 1. The third-order valence-electron chi connectivity index (χ3n) is 2.79. The van der Waals surface area contributed by atoms with Crippen LogP contribution in [0.1, 0.15) is 12.5 Å². The predicted molar refractivity (Wildman–Crippen MR) is 53.7 cm³/mol. The van der Waals surface area contributed by atoms with E-state index in [0.717, 1.165) is 4.48 Å². The van der Waals surface area contributed by atoms with E-state index in [1.54, 1.807) is 0 Å². The van der Waals surface area contributed by atoms with E-state index in [1.807, 2.05) is 0 Å². The monoisotopic (exact) mass is 287 g/mol. The Kier molecular flexibility index (Phi) is 2.82. The minimum atomic E-state index is 0. The van der Waals surface area contributed by atoms with E-state index >= 15 is 0 Å². The van der Waals surface area contributed by atoms with Crippen molar-refractivity contribution in [3.8, 4) is 0 Å². The first-order valence-corrected chi connectivity index (χ1v) is 4.25. The average Bonchev–Trinajstić information content (AvgIpc) is 2.25. The van der Waals surface area contributed by atoms with Crippen LogP contribution in [0.3, 0.4) is 0 Å². The van der Waals surface area contributed by atoms with Gasteiger partial charge in [0.2, 0.25) is 0 Å². The van der Waals surface area contributed by atoms with Crippen molar-refractivity contribution in [2.75, 3.05) is 14.1 Å². The molecule has 1 nitrogen and oxygen atoms in total. The average molecular weight is 287 g/mol. The molecule has 0 aliphatic carbocycles. The largest absolute Gasteiger partial charge is 1.00 e. The molecule has 2 heteroatoms. The van der Waals surface area contributed by atoms with E-state index < -0.39 is 0 Å². The standard InChI is InChI=1S/C11H14N.HI/c1-9-8-10-6-4-5-7-11(10)12(9,2)3;/h4-8H,1-3H3;1H/q+1;/p-1. The first-order chi connectivity index (χ1) is 5.62. The predicted octanol–water partition coefficient (Wildman–Crippen LogP) is -0.368. The second kappa shape index (κ2) is 3.42. The highest BCUT2D eigenvalue weighted by Gasteiger charge is 2.29. The number of halogens is 1. The van der Waals surface area contributed by atoms with Crippen molar-refractivity contribution in [1.82, 2.24) is 4.48 Å². The molecule has 0 fully saturated rings. The van der Waals surface area contributed by atoms with E-state index in [-0.39, 0.29) is 24.0 Å². The number of nitrogens with zero attached hydrogens (tertiary/aromatic N) is 1. The molecule has 0 saturated carbocycles. The number of hydrogen-bond acceptors (Lipinski definition) is 0. The van der Waals surface area contributed by atoms with E-state index in [2.05, 4.69) is 51.4 Å². The van der Waals surface area contributed by atoms with Crippen LogP contribution < -0.4 is 28.5 Å². The lowest BCUT2D eigenvalue weighted by atomic mass is 10.2. The van der Waals surface area contributed by atoms with Crippen LogP contribution in [0.15, 0.2) is 30.0 Å². The first kappa shape index (κ1) is 10.7. The summed E-state index contributed by atoms with van der Waals surface area (Å²) >= 11 is 0. The van der Waals surface area contributed by atoms with Crippen molar-refractivity contribution in [1.29, 1.82) is 0 Å². The van der Waals surface area contributed by atoms with E-state index in [9.17, 15) is 0 Å². The fraction of sp³-hybridized carbons (Fsp3) is 0.273. The number of hydrogen-bond donors (Lipinski definition) is 0. The van der Waals surface area contributed by atoms with Gasteiger partial charge >= 0.3 is 0 Å². The van der Waals surface area contributed by atoms with E-state index in [0.29, 0.717) is 0 Å². The number of allylic oxidation sites excluding steroid dienone is 1. The lowest BCUT2D eigenvalue weighted by molar-refractivity contribution is -0.00000253. The summed E-state index contributed by atoms with van der Waals surface area (Å²) in [6.45, 7) is 2.18. The smallest absolute Gasteiger partial charge is 0.144 e. The quantitative estimate of drug-likeness (QED) is 0.451. The van der Waals surface area contributed by atoms with Crippen molar-refractivity contribution in [2.45, 2.75) is 6.92 Å². The summed E-state index contributed by atoms with van der Waals surface area (Å²) in [6, 6.07) is 8.56. The Labute approximate surface area is 96.7 Å². The van der Waals surface area contributed by atoms with Crippen molar-refractivity contribution in [3.63, 3.8) is 0 Å². The number of fused-ring (bicyclic) bond motifs is 1. The molecule has 2 rings (SSSR count). The fourth-order valence-corrected chi connectivity index (χ4v) is 1.70. The maximum Gasteiger partial charge on any atom is 0.144 e. The van der Waals surface area contributed by atoms with Crippen LogP contribution in [0.5, 0.6) is 0 Å². The van der Waals surface area contributed by atoms with Crippen LogP contribution in [0.2, 0.25) is 0 Å². The molecule has 0 bridgehead atoms.